The number of hydrogen-bond acceptors (Lipinski definition) is 3. The number of benzene rings is 2. The van der Waals surface area contributed by atoms with Crippen molar-refractivity contribution in [1.82, 2.24) is 4.98 Å². The SMILES string of the molecule is CC(C)CC(=O)Cc1oc(-c2ccc(I)cc2)nc1-c1cccc(Cl)c1. The maximum Gasteiger partial charge on any atom is 0.226 e. The fourth-order valence-corrected chi connectivity index (χ4v) is 3.31. The van der Waals surface area contributed by atoms with Gasteiger partial charge in [0.1, 0.15) is 17.2 Å². The highest BCUT2D eigenvalue weighted by atomic mass is 127. The van der Waals surface area contributed by atoms with E-state index in [4.69, 9.17) is 16.0 Å². The zero-order chi connectivity index (χ0) is 18.7. The molecule has 0 bridgehead atoms. The molecular weight excluding hydrogens is 461 g/mol. The maximum atomic E-state index is 12.3. The summed E-state index contributed by atoms with van der Waals surface area (Å²) in [7, 11) is 0. The first-order chi connectivity index (χ1) is 12.4. The molecule has 3 rings (SSSR count). The Balaban J connectivity index is 2.02. The van der Waals surface area contributed by atoms with Gasteiger partial charge in [0.15, 0.2) is 0 Å². The molecule has 0 amide bonds. The minimum atomic E-state index is 0.147. The molecule has 0 aliphatic carbocycles. The van der Waals surface area contributed by atoms with Gasteiger partial charge in [0, 0.05) is 26.1 Å². The average Bonchev–Trinajstić information content (AvgIpc) is 2.98. The fraction of sp³-hybridized carbons (Fsp3) is 0.238. The molecule has 0 N–H and O–H groups in total. The fourth-order valence-electron chi connectivity index (χ4n) is 2.76. The Hall–Kier alpha value is -1.66. The van der Waals surface area contributed by atoms with E-state index in [1.165, 1.54) is 0 Å². The zero-order valence-corrected chi connectivity index (χ0v) is 17.5. The van der Waals surface area contributed by atoms with Crippen LogP contribution in [0.25, 0.3) is 22.7 Å². The van der Waals surface area contributed by atoms with Gasteiger partial charge in [0.05, 0.1) is 6.42 Å². The summed E-state index contributed by atoms with van der Waals surface area (Å²) in [6, 6.07) is 15.4. The topological polar surface area (TPSA) is 43.1 Å². The van der Waals surface area contributed by atoms with Crippen LogP contribution in [0, 0.1) is 9.49 Å². The molecule has 1 heterocycles. The summed E-state index contributed by atoms with van der Waals surface area (Å²) in [5, 5.41) is 0.626. The molecule has 0 fully saturated rings. The Morgan fingerprint density at radius 3 is 2.54 bits per heavy atom. The number of halogens is 2. The van der Waals surface area contributed by atoms with Crippen molar-refractivity contribution < 1.29 is 9.21 Å². The van der Waals surface area contributed by atoms with E-state index in [1.54, 1.807) is 0 Å². The molecule has 0 aliphatic heterocycles. The highest BCUT2D eigenvalue weighted by molar-refractivity contribution is 14.1. The second-order valence-corrected chi connectivity index (χ2v) is 8.30. The number of aromatic nitrogens is 1. The first-order valence-electron chi connectivity index (χ1n) is 8.45. The number of Topliss-reactive ketones (excluding diaryl/α,β-unsaturated/α-hetero) is 1. The summed E-state index contributed by atoms with van der Waals surface area (Å²) >= 11 is 8.39. The highest BCUT2D eigenvalue weighted by Crippen LogP contribution is 2.31. The van der Waals surface area contributed by atoms with Crippen LogP contribution in [-0.2, 0) is 11.2 Å². The van der Waals surface area contributed by atoms with E-state index >= 15 is 0 Å². The third-order valence-corrected chi connectivity index (χ3v) is 4.83. The van der Waals surface area contributed by atoms with Crippen LogP contribution in [0.3, 0.4) is 0 Å². The van der Waals surface area contributed by atoms with E-state index in [0.717, 1.165) is 14.7 Å². The van der Waals surface area contributed by atoms with Gasteiger partial charge < -0.3 is 4.42 Å². The number of rotatable bonds is 6. The van der Waals surface area contributed by atoms with Crippen molar-refractivity contribution in [3.8, 4) is 22.7 Å². The molecule has 0 saturated heterocycles. The van der Waals surface area contributed by atoms with Gasteiger partial charge in [0.2, 0.25) is 5.89 Å². The number of hydrogen-bond donors (Lipinski definition) is 0. The van der Waals surface area contributed by atoms with E-state index in [2.05, 4.69) is 27.6 Å². The quantitative estimate of drug-likeness (QED) is 0.383. The molecule has 0 aliphatic rings. The Kier molecular flexibility index (Phi) is 6.14. The van der Waals surface area contributed by atoms with Crippen molar-refractivity contribution >= 4 is 40.0 Å². The standard InChI is InChI=1S/C21H19ClINO2/c1-13(2)10-18(25)12-19-20(15-4-3-5-16(22)11-15)24-21(26-19)14-6-8-17(23)9-7-14/h3-9,11,13H,10,12H2,1-2H3. The predicted molar refractivity (Wildman–Crippen MR) is 113 cm³/mol. The molecule has 3 aromatic rings. The third-order valence-electron chi connectivity index (χ3n) is 3.88. The van der Waals surface area contributed by atoms with Crippen LogP contribution in [0.5, 0.6) is 0 Å². The van der Waals surface area contributed by atoms with E-state index in [-0.39, 0.29) is 12.2 Å². The first-order valence-corrected chi connectivity index (χ1v) is 9.91. The third kappa shape index (κ3) is 4.74. The van der Waals surface area contributed by atoms with E-state index in [9.17, 15) is 4.79 Å². The van der Waals surface area contributed by atoms with Gasteiger partial charge in [-0.25, -0.2) is 4.98 Å². The Bertz CT molecular complexity index is 916. The molecule has 0 saturated carbocycles. The largest absolute Gasteiger partial charge is 0.440 e. The zero-order valence-electron chi connectivity index (χ0n) is 14.6. The van der Waals surface area contributed by atoms with E-state index in [1.807, 2.05) is 62.4 Å². The lowest BCUT2D eigenvalue weighted by atomic mass is 10.0. The Labute approximate surface area is 171 Å². The second kappa shape index (κ2) is 8.35. The molecule has 0 atom stereocenters. The van der Waals surface area contributed by atoms with E-state index in [0.29, 0.717) is 34.7 Å². The van der Waals surface area contributed by atoms with Crippen LogP contribution in [0.4, 0.5) is 0 Å². The van der Waals surface area contributed by atoms with Crippen LogP contribution < -0.4 is 0 Å². The molecule has 0 spiro atoms. The van der Waals surface area contributed by atoms with Crippen molar-refractivity contribution in [2.24, 2.45) is 5.92 Å². The summed E-state index contributed by atoms with van der Waals surface area (Å²) in [6.07, 6.45) is 0.756. The maximum absolute atomic E-state index is 12.3. The summed E-state index contributed by atoms with van der Waals surface area (Å²) in [6.45, 7) is 4.07. The van der Waals surface area contributed by atoms with Gasteiger partial charge in [-0.15, -0.1) is 0 Å². The number of oxazole rings is 1. The minimum Gasteiger partial charge on any atom is -0.440 e. The Morgan fingerprint density at radius 2 is 1.88 bits per heavy atom. The Morgan fingerprint density at radius 1 is 1.15 bits per heavy atom. The normalized spacial score (nSPS) is 11.1. The first kappa shape index (κ1) is 19.1. The van der Waals surface area contributed by atoms with Gasteiger partial charge in [-0.1, -0.05) is 37.6 Å². The summed E-state index contributed by atoms with van der Waals surface area (Å²) in [5.41, 5.74) is 2.42. The predicted octanol–water partition coefficient (Wildman–Crippen LogP) is 6.42. The molecule has 5 heteroatoms. The monoisotopic (exact) mass is 479 g/mol. The van der Waals surface area contributed by atoms with Crippen LogP contribution in [0.1, 0.15) is 26.0 Å². The van der Waals surface area contributed by atoms with Crippen molar-refractivity contribution in [2.75, 3.05) is 0 Å². The van der Waals surface area contributed by atoms with E-state index < -0.39 is 0 Å². The number of nitrogens with zero attached hydrogens (tertiary/aromatic N) is 1. The lowest BCUT2D eigenvalue weighted by Gasteiger charge is -2.04. The van der Waals surface area contributed by atoms with Crippen molar-refractivity contribution in [3.05, 3.63) is 62.9 Å². The van der Waals surface area contributed by atoms with Crippen LogP contribution >= 0.6 is 34.2 Å². The van der Waals surface area contributed by atoms with Crippen molar-refractivity contribution in [3.63, 3.8) is 0 Å². The number of carbonyl (C=O) groups excluding carboxylic acids is 1. The van der Waals surface area contributed by atoms with Crippen molar-refractivity contribution in [1.29, 1.82) is 0 Å². The lowest BCUT2D eigenvalue weighted by Crippen LogP contribution is -2.06. The average molecular weight is 480 g/mol. The van der Waals surface area contributed by atoms with Gasteiger partial charge in [-0.3, -0.25) is 4.79 Å². The molecular formula is C21H19ClINO2. The summed E-state index contributed by atoms with van der Waals surface area (Å²) in [5.74, 6) is 1.57. The molecule has 0 unspecified atom stereocenters. The minimum absolute atomic E-state index is 0.147. The van der Waals surface area contributed by atoms with Crippen LogP contribution in [0.2, 0.25) is 5.02 Å². The number of carbonyl (C=O) groups is 1. The summed E-state index contributed by atoms with van der Waals surface area (Å²) in [4.78, 5) is 17.0. The van der Waals surface area contributed by atoms with Crippen LogP contribution in [0.15, 0.2) is 52.9 Å². The van der Waals surface area contributed by atoms with Gasteiger partial charge in [-0.2, -0.15) is 0 Å². The molecule has 1 aromatic heterocycles. The van der Waals surface area contributed by atoms with Gasteiger partial charge >= 0.3 is 0 Å². The van der Waals surface area contributed by atoms with Crippen molar-refractivity contribution in [2.45, 2.75) is 26.7 Å². The molecule has 3 nitrogen and oxygen atoms in total. The summed E-state index contributed by atoms with van der Waals surface area (Å²) < 4.78 is 7.15. The van der Waals surface area contributed by atoms with Gasteiger partial charge in [-0.05, 0) is 64.9 Å². The van der Waals surface area contributed by atoms with Gasteiger partial charge in [0.25, 0.3) is 0 Å². The van der Waals surface area contributed by atoms with Crippen LogP contribution in [-0.4, -0.2) is 10.8 Å². The highest BCUT2D eigenvalue weighted by Gasteiger charge is 2.19. The number of ketones is 1. The molecule has 134 valence electrons. The smallest absolute Gasteiger partial charge is 0.226 e. The lowest BCUT2D eigenvalue weighted by molar-refractivity contribution is -0.119. The molecule has 0 radical (unpaired) electrons. The second-order valence-electron chi connectivity index (χ2n) is 6.62. The molecule has 2 aromatic carbocycles. The molecule has 26 heavy (non-hydrogen) atoms.